The van der Waals surface area contributed by atoms with Crippen molar-refractivity contribution in [1.29, 1.82) is 0 Å². The van der Waals surface area contributed by atoms with Gasteiger partial charge in [0.25, 0.3) is 0 Å². The molecule has 0 bridgehead atoms. The van der Waals surface area contributed by atoms with Gasteiger partial charge in [-0.05, 0) is 42.4 Å². The topological polar surface area (TPSA) is 0 Å². The maximum absolute atomic E-state index is 13.8. The number of hydrogen-bond donors (Lipinski definition) is 0. The van der Waals surface area contributed by atoms with Gasteiger partial charge in [-0.1, -0.05) is 38.3 Å². The molecule has 0 amide bonds. The SMILES string of the molecule is CCc1ccc(C2CCCCC2)c(F)c1. The summed E-state index contributed by atoms with van der Waals surface area (Å²) in [6.45, 7) is 2.06. The summed E-state index contributed by atoms with van der Waals surface area (Å²) < 4.78 is 13.8. The van der Waals surface area contributed by atoms with Crippen molar-refractivity contribution in [3.8, 4) is 0 Å². The fraction of sp³-hybridized carbons (Fsp3) is 0.571. The van der Waals surface area contributed by atoms with Gasteiger partial charge in [-0.25, -0.2) is 4.39 Å². The Morgan fingerprint density at radius 2 is 1.93 bits per heavy atom. The monoisotopic (exact) mass is 206 g/mol. The minimum atomic E-state index is 0.0150. The molecule has 15 heavy (non-hydrogen) atoms. The lowest BCUT2D eigenvalue weighted by Crippen LogP contribution is -2.06. The average Bonchev–Trinajstić information content (AvgIpc) is 2.30. The van der Waals surface area contributed by atoms with Crippen molar-refractivity contribution in [3.05, 3.63) is 35.1 Å². The minimum absolute atomic E-state index is 0.0150. The third-order valence-corrected chi connectivity index (χ3v) is 3.52. The van der Waals surface area contributed by atoms with Gasteiger partial charge in [-0.15, -0.1) is 0 Å². The highest BCUT2D eigenvalue weighted by molar-refractivity contribution is 5.27. The largest absolute Gasteiger partial charge is 0.207 e. The van der Waals surface area contributed by atoms with E-state index in [0.29, 0.717) is 5.92 Å². The molecule has 0 spiro atoms. The predicted octanol–water partition coefficient (Wildman–Crippen LogP) is 4.44. The van der Waals surface area contributed by atoms with Crippen LogP contribution in [0.5, 0.6) is 0 Å². The quantitative estimate of drug-likeness (QED) is 0.671. The van der Waals surface area contributed by atoms with E-state index in [0.717, 1.165) is 17.5 Å². The van der Waals surface area contributed by atoms with Gasteiger partial charge >= 0.3 is 0 Å². The molecule has 0 nitrogen and oxygen atoms in total. The number of aryl methyl sites for hydroxylation is 1. The molecule has 1 aliphatic carbocycles. The van der Waals surface area contributed by atoms with Gasteiger partial charge in [0, 0.05) is 0 Å². The summed E-state index contributed by atoms with van der Waals surface area (Å²) in [7, 11) is 0. The highest BCUT2D eigenvalue weighted by Gasteiger charge is 2.18. The summed E-state index contributed by atoms with van der Waals surface area (Å²) in [6, 6.07) is 5.79. The average molecular weight is 206 g/mol. The van der Waals surface area contributed by atoms with Crippen molar-refractivity contribution in [2.45, 2.75) is 51.4 Å². The molecule has 0 N–H and O–H groups in total. The van der Waals surface area contributed by atoms with Gasteiger partial charge < -0.3 is 0 Å². The third-order valence-electron chi connectivity index (χ3n) is 3.52. The normalized spacial score (nSPS) is 18.0. The molecule has 82 valence electrons. The second-order valence-electron chi connectivity index (χ2n) is 4.54. The Kier molecular flexibility index (Phi) is 3.40. The third kappa shape index (κ3) is 2.39. The molecule has 0 aromatic heterocycles. The molecule has 1 fully saturated rings. The first-order valence-corrected chi connectivity index (χ1v) is 6.09. The highest BCUT2D eigenvalue weighted by atomic mass is 19.1. The molecule has 0 unspecified atom stereocenters. The van der Waals surface area contributed by atoms with E-state index >= 15 is 0 Å². The number of rotatable bonds is 2. The lowest BCUT2D eigenvalue weighted by molar-refractivity contribution is 0.429. The van der Waals surface area contributed by atoms with E-state index < -0.39 is 0 Å². The molecule has 1 aromatic rings. The van der Waals surface area contributed by atoms with E-state index in [9.17, 15) is 4.39 Å². The first-order valence-electron chi connectivity index (χ1n) is 6.09. The van der Waals surface area contributed by atoms with Gasteiger partial charge in [0.2, 0.25) is 0 Å². The van der Waals surface area contributed by atoms with Crippen LogP contribution in [0.25, 0.3) is 0 Å². The standard InChI is InChI=1S/C14H19F/c1-2-11-8-9-13(14(15)10-11)12-6-4-3-5-7-12/h8-10,12H,2-7H2,1H3. The molecule has 0 aliphatic heterocycles. The van der Waals surface area contributed by atoms with E-state index in [1.54, 1.807) is 6.07 Å². The van der Waals surface area contributed by atoms with Crippen LogP contribution < -0.4 is 0 Å². The van der Waals surface area contributed by atoms with Gasteiger partial charge in [0.15, 0.2) is 0 Å². The second-order valence-corrected chi connectivity index (χ2v) is 4.54. The van der Waals surface area contributed by atoms with Gasteiger partial charge in [0.1, 0.15) is 5.82 Å². The van der Waals surface area contributed by atoms with Crippen molar-refractivity contribution in [2.24, 2.45) is 0 Å². The lowest BCUT2D eigenvalue weighted by atomic mass is 9.83. The van der Waals surface area contributed by atoms with Crippen LogP contribution in [0.3, 0.4) is 0 Å². The predicted molar refractivity (Wildman–Crippen MR) is 61.6 cm³/mol. The second kappa shape index (κ2) is 4.78. The molecular formula is C14H19F. The number of halogens is 1. The van der Waals surface area contributed by atoms with Crippen LogP contribution in [-0.4, -0.2) is 0 Å². The van der Waals surface area contributed by atoms with Crippen molar-refractivity contribution >= 4 is 0 Å². The van der Waals surface area contributed by atoms with Crippen molar-refractivity contribution < 1.29 is 4.39 Å². The Balaban J connectivity index is 2.19. The van der Waals surface area contributed by atoms with Gasteiger partial charge in [-0.2, -0.15) is 0 Å². The molecule has 1 aliphatic rings. The molecule has 2 rings (SSSR count). The van der Waals surface area contributed by atoms with Crippen LogP contribution in [0.4, 0.5) is 4.39 Å². The number of hydrogen-bond acceptors (Lipinski definition) is 0. The zero-order valence-corrected chi connectivity index (χ0v) is 9.43. The van der Waals surface area contributed by atoms with E-state index in [1.165, 1.54) is 32.1 Å². The lowest BCUT2D eigenvalue weighted by Gasteiger charge is -2.22. The van der Waals surface area contributed by atoms with Gasteiger partial charge in [0.05, 0.1) is 0 Å². The first-order chi connectivity index (χ1) is 7.31. The first kappa shape index (κ1) is 10.7. The van der Waals surface area contributed by atoms with E-state index in [1.807, 2.05) is 6.07 Å². The molecule has 1 aromatic carbocycles. The summed E-state index contributed by atoms with van der Waals surface area (Å²) in [5.74, 6) is 0.492. The maximum atomic E-state index is 13.8. The Morgan fingerprint density at radius 1 is 1.20 bits per heavy atom. The molecular weight excluding hydrogens is 187 g/mol. The van der Waals surface area contributed by atoms with E-state index in [4.69, 9.17) is 0 Å². The zero-order chi connectivity index (χ0) is 10.7. The van der Waals surface area contributed by atoms with Crippen LogP contribution in [0.15, 0.2) is 18.2 Å². The van der Waals surface area contributed by atoms with Crippen LogP contribution >= 0.6 is 0 Å². The fourth-order valence-corrected chi connectivity index (χ4v) is 2.54. The van der Waals surface area contributed by atoms with Crippen molar-refractivity contribution in [2.75, 3.05) is 0 Å². The van der Waals surface area contributed by atoms with E-state index in [-0.39, 0.29) is 5.82 Å². The Morgan fingerprint density at radius 3 is 2.53 bits per heavy atom. The van der Waals surface area contributed by atoms with Crippen LogP contribution in [0.1, 0.15) is 56.1 Å². The minimum Gasteiger partial charge on any atom is -0.207 e. The molecule has 0 heterocycles. The summed E-state index contributed by atoms with van der Waals surface area (Å²) in [4.78, 5) is 0. The van der Waals surface area contributed by atoms with Crippen molar-refractivity contribution in [1.82, 2.24) is 0 Å². The Hall–Kier alpha value is -0.850. The van der Waals surface area contributed by atoms with Gasteiger partial charge in [-0.3, -0.25) is 0 Å². The molecule has 1 heteroatoms. The highest BCUT2D eigenvalue weighted by Crippen LogP contribution is 2.34. The molecule has 1 saturated carbocycles. The van der Waals surface area contributed by atoms with E-state index in [2.05, 4.69) is 13.0 Å². The number of benzene rings is 1. The summed E-state index contributed by atoms with van der Waals surface area (Å²) >= 11 is 0. The maximum Gasteiger partial charge on any atom is 0.126 e. The molecule has 0 atom stereocenters. The Bertz CT molecular complexity index is 324. The van der Waals surface area contributed by atoms with Crippen LogP contribution in [0.2, 0.25) is 0 Å². The fourth-order valence-electron chi connectivity index (χ4n) is 2.54. The zero-order valence-electron chi connectivity index (χ0n) is 9.43. The molecule has 0 radical (unpaired) electrons. The summed E-state index contributed by atoms with van der Waals surface area (Å²) in [5.41, 5.74) is 2.05. The Labute approximate surface area is 91.5 Å². The summed E-state index contributed by atoms with van der Waals surface area (Å²) in [5, 5.41) is 0. The smallest absolute Gasteiger partial charge is 0.126 e. The van der Waals surface area contributed by atoms with Crippen LogP contribution in [0, 0.1) is 5.82 Å². The molecule has 0 saturated heterocycles. The summed E-state index contributed by atoms with van der Waals surface area (Å²) in [6.07, 6.45) is 7.11. The van der Waals surface area contributed by atoms with Crippen molar-refractivity contribution in [3.63, 3.8) is 0 Å². The van der Waals surface area contributed by atoms with Crippen LogP contribution in [-0.2, 0) is 6.42 Å².